The van der Waals surface area contributed by atoms with Gasteiger partial charge in [0, 0.05) is 0 Å². The van der Waals surface area contributed by atoms with E-state index in [-0.39, 0.29) is 0 Å². The number of aryl methyl sites for hydroxylation is 1. The van der Waals surface area contributed by atoms with Crippen LogP contribution in [0.5, 0.6) is 0 Å². The summed E-state index contributed by atoms with van der Waals surface area (Å²) in [6.45, 7) is 6.49. The largest absolute Gasteiger partial charge is 0.0985 e. The van der Waals surface area contributed by atoms with Gasteiger partial charge in [-0.05, 0) is 78.4 Å². The second-order valence-corrected chi connectivity index (χ2v) is 7.66. The Bertz CT molecular complexity index is 541. The Labute approximate surface area is 123 Å². The van der Waals surface area contributed by atoms with E-state index in [1.807, 2.05) is 6.08 Å². The highest BCUT2D eigenvalue weighted by molar-refractivity contribution is 5.51. The van der Waals surface area contributed by atoms with Gasteiger partial charge < -0.3 is 0 Å². The zero-order valence-corrected chi connectivity index (χ0v) is 12.7. The van der Waals surface area contributed by atoms with Crippen molar-refractivity contribution >= 4 is 6.08 Å². The zero-order chi connectivity index (χ0) is 13.7. The smallest absolute Gasteiger partial charge is 0.0128 e. The molecule has 1 aromatic rings. The average molecular weight is 266 g/mol. The van der Waals surface area contributed by atoms with Crippen LogP contribution in [0.3, 0.4) is 0 Å². The molecule has 4 atom stereocenters. The van der Waals surface area contributed by atoms with Crippen molar-refractivity contribution in [3.05, 3.63) is 41.5 Å². The lowest BCUT2D eigenvalue weighted by molar-refractivity contribution is 0.0598. The molecule has 0 radical (unpaired) electrons. The highest BCUT2D eigenvalue weighted by Crippen LogP contribution is 2.60. The first-order valence-electron chi connectivity index (χ1n) is 8.46. The lowest BCUT2D eigenvalue weighted by atomic mass is 9.56. The lowest BCUT2D eigenvalue weighted by Crippen LogP contribution is -2.39. The highest BCUT2D eigenvalue weighted by atomic mass is 14.5. The Morgan fingerprint density at radius 3 is 2.95 bits per heavy atom. The van der Waals surface area contributed by atoms with Gasteiger partial charge in [-0.15, -0.1) is 0 Å². The summed E-state index contributed by atoms with van der Waals surface area (Å²) in [7, 11) is 0. The van der Waals surface area contributed by atoms with Crippen LogP contribution in [0.1, 0.15) is 68.1 Å². The van der Waals surface area contributed by atoms with Gasteiger partial charge in [0.05, 0.1) is 0 Å². The summed E-state index contributed by atoms with van der Waals surface area (Å²) < 4.78 is 0. The van der Waals surface area contributed by atoms with E-state index in [2.05, 4.69) is 31.7 Å². The second-order valence-electron chi connectivity index (χ2n) is 7.66. The van der Waals surface area contributed by atoms with E-state index in [4.69, 9.17) is 0 Å². The number of hydrogen-bond acceptors (Lipinski definition) is 0. The van der Waals surface area contributed by atoms with Crippen molar-refractivity contribution < 1.29 is 0 Å². The van der Waals surface area contributed by atoms with E-state index in [1.54, 1.807) is 11.1 Å². The molecule has 3 aliphatic carbocycles. The number of hydrogen-bond donors (Lipinski definition) is 0. The monoisotopic (exact) mass is 266 g/mol. The molecule has 0 heterocycles. The molecule has 0 unspecified atom stereocenters. The molecule has 1 aromatic carbocycles. The molecule has 106 valence electrons. The van der Waals surface area contributed by atoms with Crippen molar-refractivity contribution in [1.82, 2.24) is 0 Å². The van der Waals surface area contributed by atoms with Gasteiger partial charge in [-0.2, -0.15) is 0 Å². The fourth-order valence-corrected chi connectivity index (χ4v) is 5.72. The summed E-state index contributed by atoms with van der Waals surface area (Å²) in [5.41, 5.74) is 5.27. The van der Waals surface area contributed by atoms with Gasteiger partial charge >= 0.3 is 0 Å². The predicted molar refractivity (Wildman–Crippen MR) is 85.8 cm³/mol. The number of rotatable bonds is 1. The molecule has 0 aromatic heterocycles. The van der Waals surface area contributed by atoms with Crippen LogP contribution < -0.4 is 0 Å². The maximum absolute atomic E-state index is 3.91. The summed E-state index contributed by atoms with van der Waals surface area (Å²) in [6, 6.07) is 7.08. The quantitative estimate of drug-likeness (QED) is 0.623. The van der Waals surface area contributed by atoms with Crippen LogP contribution in [0, 0.1) is 17.3 Å². The summed E-state index contributed by atoms with van der Waals surface area (Å²) in [5, 5.41) is 0. The minimum absolute atomic E-state index is 0.680. The third-order valence-electron chi connectivity index (χ3n) is 6.77. The van der Waals surface area contributed by atoms with Crippen LogP contribution in [-0.2, 0) is 6.42 Å². The van der Waals surface area contributed by atoms with Crippen LogP contribution >= 0.6 is 0 Å². The van der Waals surface area contributed by atoms with Crippen LogP contribution in [0.2, 0.25) is 0 Å². The third-order valence-corrected chi connectivity index (χ3v) is 6.77. The van der Waals surface area contributed by atoms with Gasteiger partial charge in [-0.3, -0.25) is 0 Å². The number of fused-ring (bicyclic) bond motifs is 5. The van der Waals surface area contributed by atoms with E-state index < -0.39 is 0 Å². The third kappa shape index (κ3) is 1.73. The first-order chi connectivity index (χ1) is 9.71. The molecule has 0 nitrogen and oxygen atoms in total. The maximum Gasteiger partial charge on any atom is -0.0128 e. The van der Waals surface area contributed by atoms with Crippen LogP contribution in [0.25, 0.3) is 6.08 Å². The van der Waals surface area contributed by atoms with Crippen LogP contribution in [0.15, 0.2) is 24.8 Å². The Balaban J connectivity index is 1.71. The van der Waals surface area contributed by atoms with Crippen molar-refractivity contribution in [3.8, 4) is 0 Å². The van der Waals surface area contributed by atoms with E-state index in [0.717, 1.165) is 17.8 Å². The van der Waals surface area contributed by atoms with Gasteiger partial charge in [-0.1, -0.05) is 44.2 Å². The van der Waals surface area contributed by atoms with Crippen molar-refractivity contribution in [2.45, 2.75) is 57.8 Å². The minimum atomic E-state index is 0.680. The Kier molecular flexibility index (Phi) is 2.84. The second kappa shape index (κ2) is 4.48. The standard InChI is InChI=1S/C20H26/c1-3-14-6-8-16-15(13-14)7-9-18-17(16)10-12-20(2)11-4-5-19(18)20/h3,6,8,13,17-19H,1,4-5,7,9-12H2,2H3/t17-,18-,19+,20+/m1/s1. The molecular weight excluding hydrogens is 240 g/mol. The molecule has 0 N–H and O–H groups in total. The highest BCUT2D eigenvalue weighted by Gasteiger charge is 2.49. The van der Waals surface area contributed by atoms with Crippen LogP contribution in [0.4, 0.5) is 0 Å². The van der Waals surface area contributed by atoms with E-state index in [0.29, 0.717) is 5.41 Å². The molecule has 2 fully saturated rings. The molecule has 2 saturated carbocycles. The Morgan fingerprint density at radius 2 is 2.10 bits per heavy atom. The van der Waals surface area contributed by atoms with Gasteiger partial charge in [0.1, 0.15) is 0 Å². The summed E-state index contributed by atoms with van der Waals surface area (Å²) in [4.78, 5) is 0. The molecule has 0 saturated heterocycles. The topological polar surface area (TPSA) is 0 Å². The molecule has 0 amide bonds. The van der Waals surface area contributed by atoms with Crippen LogP contribution in [-0.4, -0.2) is 0 Å². The molecule has 0 heteroatoms. The van der Waals surface area contributed by atoms with Gasteiger partial charge in [0.2, 0.25) is 0 Å². The Hall–Kier alpha value is -1.04. The molecule has 0 bridgehead atoms. The molecule has 20 heavy (non-hydrogen) atoms. The summed E-state index contributed by atoms with van der Waals surface area (Å²) >= 11 is 0. The zero-order valence-electron chi connectivity index (χ0n) is 12.7. The molecule has 0 aliphatic heterocycles. The lowest BCUT2D eigenvalue weighted by Gasteiger charge is -2.49. The minimum Gasteiger partial charge on any atom is -0.0985 e. The normalized spacial score (nSPS) is 38.8. The molecular formula is C20H26. The van der Waals surface area contributed by atoms with Crippen molar-refractivity contribution in [2.75, 3.05) is 0 Å². The average Bonchev–Trinajstić information content (AvgIpc) is 2.88. The SMILES string of the molecule is C=Cc1ccc2c(c1)CC[C@@H]1[C@@H]2CC[C@]2(C)CCC[C@@H]12. The summed E-state index contributed by atoms with van der Waals surface area (Å²) in [6.07, 6.45) is 12.1. The van der Waals surface area contributed by atoms with Crippen molar-refractivity contribution in [1.29, 1.82) is 0 Å². The molecule has 4 rings (SSSR count). The van der Waals surface area contributed by atoms with E-state index in [1.165, 1.54) is 50.5 Å². The Morgan fingerprint density at radius 1 is 1.20 bits per heavy atom. The predicted octanol–water partition coefficient (Wildman–Crippen LogP) is 5.58. The van der Waals surface area contributed by atoms with Crippen molar-refractivity contribution in [3.63, 3.8) is 0 Å². The molecule has 0 spiro atoms. The fourth-order valence-electron chi connectivity index (χ4n) is 5.72. The van der Waals surface area contributed by atoms with Gasteiger partial charge in [-0.25, -0.2) is 0 Å². The number of benzene rings is 1. The molecule has 3 aliphatic rings. The van der Waals surface area contributed by atoms with Crippen molar-refractivity contribution in [2.24, 2.45) is 17.3 Å². The van der Waals surface area contributed by atoms with Gasteiger partial charge in [0.15, 0.2) is 0 Å². The van der Waals surface area contributed by atoms with Gasteiger partial charge in [0.25, 0.3) is 0 Å². The fraction of sp³-hybridized carbons (Fsp3) is 0.600. The first-order valence-corrected chi connectivity index (χ1v) is 8.46. The maximum atomic E-state index is 3.91. The van der Waals surface area contributed by atoms with E-state index in [9.17, 15) is 0 Å². The first kappa shape index (κ1) is 12.7. The summed E-state index contributed by atoms with van der Waals surface area (Å²) in [5.74, 6) is 2.83. The van der Waals surface area contributed by atoms with E-state index >= 15 is 0 Å².